The average molecular weight is 516 g/mol. The lowest BCUT2D eigenvalue weighted by atomic mass is 9.61. The molecule has 0 radical (unpaired) electrons. The maximum Gasteiger partial charge on any atom is 0.336 e. The molecule has 2 saturated carbocycles. The Kier molecular flexibility index (Phi) is 8.75. The second kappa shape index (κ2) is 10.0. The highest BCUT2D eigenvalue weighted by Crippen LogP contribution is 2.60. The molecule has 2 aliphatic carbocycles. The quantitative estimate of drug-likeness (QED) is 0.241. The number of fused-ring (bicyclic) bond motifs is 1. The molecule has 180 valence electrons. The van der Waals surface area contributed by atoms with Crippen LogP contribution in [-0.4, -0.2) is 27.0 Å². The first-order valence-corrected chi connectivity index (χ1v) is 16.1. The summed E-state index contributed by atoms with van der Waals surface area (Å²) in [7, 11) is -0.599. The lowest BCUT2D eigenvalue weighted by molar-refractivity contribution is -0.159. The molecule has 0 aliphatic heterocycles. The second-order valence-corrected chi connectivity index (χ2v) is 17.4. The number of carbonyl (C=O) groups excluding carboxylic acids is 1. The first kappa shape index (κ1) is 27.1. The normalized spacial score (nSPS) is 31.2. The Balaban J connectivity index is 2.05. The van der Waals surface area contributed by atoms with E-state index >= 15 is 0 Å². The molecule has 5 atom stereocenters. The Bertz CT molecular complexity index is 668. The third kappa shape index (κ3) is 5.69. The van der Waals surface area contributed by atoms with E-state index in [1.807, 2.05) is 6.92 Å². The fraction of sp³-hybridized carbons (Fsp3) is 0.885. The Morgan fingerprint density at radius 3 is 2.48 bits per heavy atom. The second-order valence-electron chi connectivity index (χ2n) is 12.2. The molecule has 0 spiro atoms. The van der Waals surface area contributed by atoms with Crippen molar-refractivity contribution in [3.63, 3.8) is 0 Å². The summed E-state index contributed by atoms with van der Waals surface area (Å²) in [6.07, 6.45) is 9.47. The van der Waals surface area contributed by atoms with Crippen molar-refractivity contribution in [3.8, 4) is 0 Å². The van der Waals surface area contributed by atoms with Crippen molar-refractivity contribution in [3.05, 3.63) is 10.6 Å². The molecule has 2 aliphatic rings. The molecule has 0 aromatic carbocycles. The maximum atomic E-state index is 12.7. The number of ether oxygens (including phenoxy) is 1. The minimum atomic E-state index is -2.08. The Morgan fingerprint density at radius 1 is 1.29 bits per heavy atom. The number of carbonyl (C=O) groups is 1. The summed E-state index contributed by atoms with van der Waals surface area (Å²) in [5.74, 6) is 1.96. The first-order valence-electron chi connectivity index (χ1n) is 12.3. The van der Waals surface area contributed by atoms with Gasteiger partial charge in [-0.1, -0.05) is 62.5 Å². The van der Waals surface area contributed by atoms with Crippen LogP contribution in [0.25, 0.3) is 0 Å². The Morgan fingerprint density at radius 2 is 1.94 bits per heavy atom. The van der Waals surface area contributed by atoms with E-state index < -0.39 is 13.9 Å². The number of hydrogen-bond acceptors (Lipinski definition) is 3. The van der Waals surface area contributed by atoms with Crippen LogP contribution in [0.4, 0.5) is 0 Å². The molecule has 0 amide bonds. The lowest BCUT2D eigenvalue weighted by Gasteiger charge is -2.45. The van der Waals surface area contributed by atoms with Crippen LogP contribution in [0, 0.1) is 23.2 Å². The highest BCUT2D eigenvalue weighted by Gasteiger charge is 2.51. The van der Waals surface area contributed by atoms with Crippen molar-refractivity contribution in [2.45, 2.75) is 117 Å². The molecule has 5 heteroatoms. The van der Waals surface area contributed by atoms with Gasteiger partial charge in [-0.2, -0.15) is 0 Å². The monoisotopic (exact) mass is 514 g/mol. The molecule has 2 rings (SSSR count). The first-order chi connectivity index (χ1) is 14.2. The van der Waals surface area contributed by atoms with Crippen molar-refractivity contribution < 1.29 is 14.0 Å². The van der Waals surface area contributed by atoms with Crippen LogP contribution < -0.4 is 0 Å². The van der Waals surface area contributed by atoms with E-state index in [-0.39, 0.29) is 11.0 Å². The van der Waals surface area contributed by atoms with Crippen LogP contribution >= 0.6 is 15.9 Å². The zero-order chi connectivity index (χ0) is 23.7. The molecule has 0 aromatic heterocycles. The zero-order valence-electron chi connectivity index (χ0n) is 21.6. The molecule has 31 heavy (non-hydrogen) atoms. The van der Waals surface area contributed by atoms with Gasteiger partial charge in [-0.05, 0) is 98.2 Å². The van der Waals surface area contributed by atoms with Gasteiger partial charge in [-0.25, -0.2) is 4.79 Å². The van der Waals surface area contributed by atoms with E-state index in [1.165, 1.54) is 39.2 Å². The molecule has 0 saturated heterocycles. The van der Waals surface area contributed by atoms with Crippen LogP contribution in [0.3, 0.4) is 0 Å². The van der Waals surface area contributed by atoms with Crippen molar-refractivity contribution in [2.24, 2.45) is 23.2 Å². The number of rotatable bonds is 8. The van der Waals surface area contributed by atoms with Crippen LogP contribution in [0.2, 0.25) is 18.1 Å². The number of hydrogen-bond donors (Lipinski definition) is 0. The van der Waals surface area contributed by atoms with Gasteiger partial charge in [0.2, 0.25) is 0 Å². The van der Waals surface area contributed by atoms with E-state index in [2.05, 4.69) is 68.6 Å². The summed E-state index contributed by atoms with van der Waals surface area (Å²) in [6, 6.07) is 0. The van der Waals surface area contributed by atoms with Crippen LogP contribution in [-0.2, 0) is 14.0 Å². The molecule has 3 nitrogen and oxygen atoms in total. The minimum Gasteiger partial charge on any atom is -0.467 e. The van der Waals surface area contributed by atoms with Gasteiger partial charge in [0.25, 0.3) is 0 Å². The maximum absolute atomic E-state index is 12.7. The van der Waals surface area contributed by atoms with Crippen LogP contribution in [0.1, 0.15) is 92.9 Å². The zero-order valence-corrected chi connectivity index (χ0v) is 24.2. The SMILES string of the molecule is COC(=O)[C@@](C)(CCC[C@@H](C)[C@H]1CCC2C(=CBr)CCC[C@@]21C)O[Si](C)(C)C(C)(C)C. The van der Waals surface area contributed by atoms with E-state index in [0.717, 1.165) is 31.1 Å². The fourth-order valence-corrected chi connectivity index (χ4v) is 8.40. The van der Waals surface area contributed by atoms with E-state index in [1.54, 1.807) is 5.57 Å². The summed E-state index contributed by atoms with van der Waals surface area (Å²) >= 11 is 3.63. The van der Waals surface area contributed by atoms with Gasteiger partial charge in [-0.15, -0.1) is 0 Å². The predicted octanol–water partition coefficient (Wildman–Crippen LogP) is 8.24. The van der Waals surface area contributed by atoms with Gasteiger partial charge in [0.05, 0.1) is 7.11 Å². The highest BCUT2D eigenvalue weighted by atomic mass is 79.9. The van der Waals surface area contributed by atoms with Crippen molar-refractivity contribution in [1.82, 2.24) is 0 Å². The fourth-order valence-electron chi connectivity index (χ4n) is 6.23. The third-order valence-electron chi connectivity index (χ3n) is 9.08. The molecule has 0 N–H and O–H groups in total. The molecular formula is C26H47BrO3Si. The van der Waals surface area contributed by atoms with E-state index in [0.29, 0.717) is 11.3 Å². The van der Waals surface area contributed by atoms with E-state index in [9.17, 15) is 4.79 Å². The average Bonchev–Trinajstić information content (AvgIpc) is 3.02. The van der Waals surface area contributed by atoms with Gasteiger partial charge in [0.15, 0.2) is 13.9 Å². The highest BCUT2D eigenvalue weighted by molar-refractivity contribution is 9.11. The molecule has 0 heterocycles. The Labute approximate surface area is 201 Å². The van der Waals surface area contributed by atoms with Gasteiger partial charge in [-0.3, -0.25) is 0 Å². The summed E-state index contributed by atoms with van der Waals surface area (Å²) in [5.41, 5.74) is 1.21. The van der Waals surface area contributed by atoms with Gasteiger partial charge >= 0.3 is 5.97 Å². The summed E-state index contributed by atoms with van der Waals surface area (Å²) in [5, 5.41) is 0.0602. The number of halogens is 1. The predicted molar refractivity (Wildman–Crippen MR) is 137 cm³/mol. The summed E-state index contributed by atoms with van der Waals surface area (Å²) in [4.78, 5) is 15.0. The van der Waals surface area contributed by atoms with Gasteiger partial charge in [0, 0.05) is 0 Å². The molecular weight excluding hydrogens is 468 g/mol. The topological polar surface area (TPSA) is 35.5 Å². The number of methoxy groups -OCH3 is 1. The van der Waals surface area contributed by atoms with Crippen LogP contribution in [0.15, 0.2) is 10.6 Å². The van der Waals surface area contributed by atoms with Crippen molar-refractivity contribution >= 4 is 30.2 Å². The van der Waals surface area contributed by atoms with Gasteiger partial charge < -0.3 is 9.16 Å². The largest absolute Gasteiger partial charge is 0.467 e. The van der Waals surface area contributed by atoms with Crippen molar-refractivity contribution in [2.75, 3.05) is 7.11 Å². The van der Waals surface area contributed by atoms with Gasteiger partial charge in [0.1, 0.15) is 0 Å². The standard InChI is InChI=1S/C26H47BrO3Si/c1-19(21-14-15-22-20(18-27)13-11-16-25(21,22)5)12-10-17-26(6,23(28)29-7)30-31(8,9)24(2,3)4/h18-19,21-22H,10-17H2,1-9H3/t19-,21-,22?,25-,26-/m1/s1. The number of allylic oxidation sites excluding steroid dienone is 1. The number of esters is 1. The Hall–Kier alpha value is -0.133. The molecule has 1 unspecified atom stereocenters. The van der Waals surface area contributed by atoms with Crippen molar-refractivity contribution in [1.29, 1.82) is 0 Å². The third-order valence-corrected chi connectivity index (χ3v) is 14.2. The molecule has 0 bridgehead atoms. The minimum absolute atomic E-state index is 0.0602. The summed E-state index contributed by atoms with van der Waals surface area (Å²) < 4.78 is 11.8. The smallest absolute Gasteiger partial charge is 0.336 e. The molecule has 2 fully saturated rings. The summed E-state index contributed by atoms with van der Waals surface area (Å²) in [6.45, 7) is 18.0. The lowest BCUT2D eigenvalue weighted by Crippen LogP contribution is -2.52. The van der Waals surface area contributed by atoms with E-state index in [4.69, 9.17) is 9.16 Å². The van der Waals surface area contributed by atoms with Crippen LogP contribution in [0.5, 0.6) is 0 Å². The molecule has 0 aromatic rings.